The standard InChI is InChI=1S/C13H16O3/c1-3-7-12(16-13(14)10-15-2)11-8-5-4-6-9-11/h3-9,12H,10H2,1-2H3/b7-3+. The Balaban J connectivity index is 2.72. The first-order chi connectivity index (χ1) is 7.77. The molecule has 0 saturated carbocycles. The topological polar surface area (TPSA) is 35.5 Å². The van der Waals surface area contributed by atoms with E-state index in [9.17, 15) is 4.79 Å². The molecule has 0 bridgehead atoms. The quantitative estimate of drug-likeness (QED) is 0.565. The van der Waals surface area contributed by atoms with Crippen LogP contribution < -0.4 is 0 Å². The minimum absolute atomic E-state index is 0.0269. The highest BCUT2D eigenvalue weighted by molar-refractivity contribution is 5.71. The van der Waals surface area contributed by atoms with Crippen LogP contribution in [0.4, 0.5) is 0 Å². The lowest BCUT2D eigenvalue weighted by Gasteiger charge is -2.14. The minimum atomic E-state index is -0.366. The fourth-order valence-electron chi connectivity index (χ4n) is 1.33. The third kappa shape index (κ3) is 3.87. The number of methoxy groups -OCH3 is 1. The van der Waals surface area contributed by atoms with Gasteiger partial charge in [-0.15, -0.1) is 0 Å². The Morgan fingerprint density at radius 2 is 2.06 bits per heavy atom. The van der Waals surface area contributed by atoms with Gasteiger partial charge >= 0.3 is 5.97 Å². The van der Waals surface area contributed by atoms with Crippen LogP contribution in [0.3, 0.4) is 0 Å². The van der Waals surface area contributed by atoms with Gasteiger partial charge in [0.2, 0.25) is 0 Å². The normalized spacial score (nSPS) is 12.6. The van der Waals surface area contributed by atoms with Gasteiger partial charge in [-0.3, -0.25) is 0 Å². The van der Waals surface area contributed by atoms with E-state index in [0.717, 1.165) is 5.56 Å². The Morgan fingerprint density at radius 3 is 2.62 bits per heavy atom. The number of hydrogen-bond donors (Lipinski definition) is 0. The second-order valence-corrected chi connectivity index (χ2v) is 3.28. The number of carbonyl (C=O) groups excluding carboxylic acids is 1. The summed E-state index contributed by atoms with van der Waals surface area (Å²) in [6, 6.07) is 9.59. The smallest absolute Gasteiger partial charge is 0.332 e. The molecule has 1 aromatic carbocycles. The van der Waals surface area contributed by atoms with Crippen molar-refractivity contribution in [2.45, 2.75) is 13.0 Å². The summed E-state index contributed by atoms with van der Waals surface area (Å²) in [6.45, 7) is 1.86. The maximum atomic E-state index is 11.3. The molecule has 1 rings (SSSR count). The van der Waals surface area contributed by atoms with Crippen LogP contribution in [0.15, 0.2) is 42.5 Å². The maximum absolute atomic E-state index is 11.3. The molecule has 16 heavy (non-hydrogen) atoms. The summed E-state index contributed by atoms with van der Waals surface area (Å²) in [5, 5.41) is 0. The molecule has 0 aliphatic rings. The average molecular weight is 220 g/mol. The summed E-state index contributed by atoms with van der Waals surface area (Å²) in [7, 11) is 1.47. The molecule has 0 radical (unpaired) electrons. The molecule has 0 saturated heterocycles. The van der Waals surface area contributed by atoms with Gasteiger partial charge in [0.1, 0.15) is 12.7 Å². The van der Waals surface area contributed by atoms with Crippen molar-refractivity contribution in [3.8, 4) is 0 Å². The largest absolute Gasteiger partial charge is 0.451 e. The Labute approximate surface area is 95.7 Å². The molecule has 1 unspecified atom stereocenters. The van der Waals surface area contributed by atoms with E-state index < -0.39 is 0 Å². The Hall–Kier alpha value is -1.61. The van der Waals surface area contributed by atoms with Crippen LogP contribution in [0, 0.1) is 0 Å². The van der Waals surface area contributed by atoms with Gasteiger partial charge in [0.15, 0.2) is 0 Å². The molecule has 3 heteroatoms. The fourth-order valence-corrected chi connectivity index (χ4v) is 1.33. The highest BCUT2D eigenvalue weighted by atomic mass is 16.6. The predicted molar refractivity (Wildman–Crippen MR) is 62.0 cm³/mol. The lowest BCUT2D eigenvalue weighted by molar-refractivity contribution is -0.151. The summed E-state index contributed by atoms with van der Waals surface area (Å²) in [6.07, 6.45) is 3.36. The number of ether oxygens (including phenoxy) is 2. The Morgan fingerprint density at radius 1 is 1.38 bits per heavy atom. The first-order valence-electron chi connectivity index (χ1n) is 5.14. The van der Waals surface area contributed by atoms with Gasteiger partial charge in [-0.05, 0) is 18.6 Å². The van der Waals surface area contributed by atoms with Crippen molar-refractivity contribution >= 4 is 5.97 Å². The molecule has 86 valence electrons. The molecule has 0 N–H and O–H groups in total. The summed E-state index contributed by atoms with van der Waals surface area (Å²) in [5.74, 6) is -0.366. The minimum Gasteiger partial charge on any atom is -0.451 e. The molecule has 0 heterocycles. The molecule has 1 atom stereocenters. The predicted octanol–water partition coefficient (Wildman–Crippen LogP) is 2.49. The molecular weight excluding hydrogens is 204 g/mol. The van der Waals surface area contributed by atoms with Gasteiger partial charge in [-0.25, -0.2) is 4.79 Å². The molecule has 0 aromatic heterocycles. The van der Waals surface area contributed by atoms with Crippen LogP contribution in [-0.2, 0) is 14.3 Å². The molecule has 0 amide bonds. The summed E-state index contributed by atoms with van der Waals surface area (Å²) in [5.41, 5.74) is 0.949. The van der Waals surface area contributed by atoms with Crippen LogP contribution in [0.2, 0.25) is 0 Å². The van der Waals surface area contributed by atoms with Crippen LogP contribution in [0.5, 0.6) is 0 Å². The van der Waals surface area contributed by atoms with Gasteiger partial charge in [-0.2, -0.15) is 0 Å². The SMILES string of the molecule is C/C=C/C(OC(=O)COC)c1ccccc1. The summed E-state index contributed by atoms with van der Waals surface area (Å²) < 4.78 is 9.99. The number of hydrogen-bond acceptors (Lipinski definition) is 3. The van der Waals surface area contributed by atoms with Crippen molar-refractivity contribution in [1.82, 2.24) is 0 Å². The number of benzene rings is 1. The third-order valence-electron chi connectivity index (χ3n) is 2.02. The molecule has 0 aliphatic heterocycles. The molecule has 0 aliphatic carbocycles. The molecular formula is C13H16O3. The van der Waals surface area contributed by atoms with Crippen molar-refractivity contribution in [3.63, 3.8) is 0 Å². The van der Waals surface area contributed by atoms with Crippen molar-refractivity contribution < 1.29 is 14.3 Å². The van der Waals surface area contributed by atoms with Crippen LogP contribution in [0.25, 0.3) is 0 Å². The van der Waals surface area contributed by atoms with Crippen LogP contribution in [0.1, 0.15) is 18.6 Å². The zero-order valence-electron chi connectivity index (χ0n) is 9.55. The van der Waals surface area contributed by atoms with Gasteiger partial charge in [-0.1, -0.05) is 36.4 Å². The Kier molecular flexibility index (Phi) is 5.29. The fraction of sp³-hybridized carbons (Fsp3) is 0.308. The second kappa shape index (κ2) is 6.80. The average Bonchev–Trinajstić information content (AvgIpc) is 2.30. The van der Waals surface area contributed by atoms with E-state index in [1.807, 2.05) is 49.4 Å². The van der Waals surface area contributed by atoms with E-state index in [0.29, 0.717) is 0 Å². The van der Waals surface area contributed by atoms with E-state index in [1.165, 1.54) is 7.11 Å². The highest BCUT2D eigenvalue weighted by Crippen LogP contribution is 2.18. The van der Waals surface area contributed by atoms with E-state index in [4.69, 9.17) is 9.47 Å². The second-order valence-electron chi connectivity index (χ2n) is 3.28. The van der Waals surface area contributed by atoms with E-state index in [2.05, 4.69) is 0 Å². The van der Waals surface area contributed by atoms with E-state index in [-0.39, 0.29) is 18.7 Å². The first kappa shape index (κ1) is 12.5. The summed E-state index contributed by atoms with van der Waals surface area (Å²) >= 11 is 0. The van der Waals surface area contributed by atoms with Gasteiger partial charge in [0.05, 0.1) is 0 Å². The monoisotopic (exact) mass is 220 g/mol. The van der Waals surface area contributed by atoms with E-state index in [1.54, 1.807) is 0 Å². The zero-order valence-corrected chi connectivity index (χ0v) is 9.55. The Bertz CT molecular complexity index is 343. The number of carbonyl (C=O) groups is 1. The van der Waals surface area contributed by atoms with Crippen LogP contribution in [-0.4, -0.2) is 19.7 Å². The van der Waals surface area contributed by atoms with E-state index >= 15 is 0 Å². The highest BCUT2D eigenvalue weighted by Gasteiger charge is 2.12. The van der Waals surface area contributed by atoms with Crippen molar-refractivity contribution in [1.29, 1.82) is 0 Å². The van der Waals surface area contributed by atoms with Gasteiger partial charge < -0.3 is 9.47 Å². The summed E-state index contributed by atoms with van der Waals surface area (Å²) in [4.78, 5) is 11.3. The lowest BCUT2D eigenvalue weighted by Crippen LogP contribution is -2.14. The van der Waals surface area contributed by atoms with Gasteiger partial charge in [0.25, 0.3) is 0 Å². The van der Waals surface area contributed by atoms with Crippen LogP contribution >= 0.6 is 0 Å². The molecule has 3 nitrogen and oxygen atoms in total. The lowest BCUT2D eigenvalue weighted by atomic mass is 10.1. The van der Waals surface area contributed by atoms with Crippen molar-refractivity contribution in [2.75, 3.05) is 13.7 Å². The number of rotatable bonds is 5. The third-order valence-corrected chi connectivity index (χ3v) is 2.02. The number of allylic oxidation sites excluding steroid dienone is 1. The number of esters is 1. The maximum Gasteiger partial charge on any atom is 0.332 e. The van der Waals surface area contributed by atoms with Crippen molar-refractivity contribution in [2.24, 2.45) is 0 Å². The molecule has 0 fully saturated rings. The van der Waals surface area contributed by atoms with Gasteiger partial charge in [0, 0.05) is 7.11 Å². The first-order valence-corrected chi connectivity index (χ1v) is 5.14. The molecule has 0 spiro atoms. The zero-order chi connectivity index (χ0) is 11.8. The molecule has 1 aromatic rings. The van der Waals surface area contributed by atoms with Crippen molar-refractivity contribution in [3.05, 3.63) is 48.0 Å².